The van der Waals surface area contributed by atoms with Gasteiger partial charge in [-0.15, -0.1) is 13.2 Å². The van der Waals surface area contributed by atoms with Crippen LogP contribution in [0.25, 0.3) is 0 Å². The van der Waals surface area contributed by atoms with Gasteiger partial charge in [0, 0.05) is 13.1 Å². The van der Waals surface area contributed by atoms with E-state index in [0.717, 1.165) is 16.4 Å². The van der Waals surface area contributed by atoms with Crippen LogP contribution in [0.5, 0.6) is 5.75 Å². The predicted octanol–water partition coefficient (Wildman–Crippen LogP) is 1.42. The fraction of sp³-hybridized carbons (Fsp3) is 0.333. The van der Waals surface area contributed by atoms with Gasteiger partial charge in [-0.1, -0.05) is 12.1 Å². The monoisotopic (exact) mass is 348 g/mol. The van der Waals surface area contributed by atoms with Crippen molar-refractivity contribution in [3.63, 3.8) is 0 Å². The molecule has 7 nitrogen and oxygen atoms in total. The number of aromatic nitrogens is 3. The lowest BCUT2D eigenvalue weighted by atomic mass is 10.2. The normalized spacial score (nSPS) is 17.0. The highest BCUT2D eigenvalue weighted by Gasteiger charge is 2.41. The van der Waals surface area contributed by atoms with E-state index in [0.29, 0.717) is 0 Å². The van der Waals surface area contributed by atoms with Crippen LogP contribution in [0.4, 0.5) is 13.2 Å². The Hall–Kier alpha value is -2.14. The highest BCUT2D eigenvalue weighted by atomic mass is 32.2. The van der Waals surface area contributed by atoms with Crippen LogP contribution < -0.4 is 4.74 Å². The summed E-state index contributed by atoms with van der Waals surface area (Å²) >= 11 is 0. The lowest BCUT2D eigenvalue weighted by Gasteiger charge is -2.37. The van der Waals surface area contributed by atoms with E-state index >= 15 is 0 Å². The third-order valence-electron chi connectivity index (χ3n) is 3.28. The van der Waals surface area contributed by atoms with Crippen molar-refractivity contribution in [2.75, 3.05) is 13.1 Å². The van der Waals surface area contributed by atoms with Crippen molar-refractivity contribution in [3.05, 3.63) is 36.7 Å². The Kier molecular flexibility index (Phi) is 3.76. The molecule has 0 atom stereocenters. The number of para-hydroxylation sites is 1. The van der Waals surface area contributed by atoms with E-state index in [1.165, 1.54) is 29.3 Å². The van der Waals surface area contributed by atoms with Crippen molar-refractivity contribution in [2.24, 2.45) is 0 Å². The van der Waals surface area contributed by atoms with Crippen molar-refractivity contribution in [3.8, 4) is 5.75 Å². The predicted molar refractivity (Wildman–Crippen MR) is 70.9 cm³/mol. The number of alkyl halides is 3. The quantitative estimate of drug-likeness (QED) is 0.835. The molecular formula is C12H11F3N4O3S. The standard InChI is InChI=1S/C12H11F3N4O3S/c13-12(14,15)22-10-3-1-2-4-11(10)23(20,21)18-7-9(8-18)19-16-5-6-17-19/h1-6,9H,7-8H2. The SMILES string of the molecule is O=S(=O)(c1ccccc1OC(F)(F)F)N1CC(n2nccn2)C1. The molecule has 11 heteroatoms. The van der Waals surface area contributed by atoms with Gasteiger partial charge in [-0.3, -0.25) is 0 Å². The van der Waals surface area contributed by atoms with Crippen LogP contribution in [-0.4, -0.2) is 47.2 Å². The molecule has 23 heavy (non-hydrogen) atoms. The minimum absolute atomic E-state index is 0.0807. The summed E-state index contributed by atoms with van der Waals surface area (Å²) in [7, 11) is -4.09. The summed E-state index contributed by atoms with van der Waals surface area (Å²) in [6, 6.07) is 4.41. The fourth-order valence-electron chi connectivity index (χ4n) is 2.18. The molecule has 2 heterocycles. The van der Waals surface area contributed by atoms with E-state index in [-0.39, 0.29) is 19.1 Å². The van der Waals surface area contributed by atoms with E-state index in [9.17, 15) is 21.6 Å². The number of nitrogens with zero attached hydrogens (tertiary/aromatic N) is 4. The molecule has 0 spiro atoms. The van der Waals surface area contributed by atoms with Crippen LogP contribution in [-0.2, 0) is 10.0 Å². The van der Waals surface area contributed by atoms with Crippen molar-refractivity contribution in [2.45, 2.75) is 17.3 Å². The molecule has 1 aromatic heterocycles. The van der Waals surface area contributed by atoms with Gasteiger partial charge in [-0.05, 0) is 12.1 Å². The molecule has 2 aromatic rings. The lowest BCUT2D eigenvalue weighted by Crippen LogP contribution is -2.51. The van der Waals surface area contributed by atoms with Crippen LogP contribution in [0.2, 0.25) is 0 Å². The van der Waals surface area contributed by atoms with Gasteiger partial charge in [0.15, 0.2) is 0 Å². The summed E-state index contributed by atoms with van der Waals surface area (Å²) < 4.78 is 67.0. The van der Waals surface area contributed by atoms with Crippen molar-refractivity contribution < 1.29 is 26.3 Å². The van der Waals surface area contributed by atoms with Gasteiger partial charge in [0.05, 0.1) is 18.4 Å². The minimum Gasteiger partial charge on any atom is -0.404 e. The molecule has 1 aromatic carbocycles. The number of hydrogen-bond acceptors (Lipinski definition) is 5. The van der Waals surface area contributed by atoms with Gasteiger partial charge in [-0.2, -0.15) is 19.3 Å². The number of ether oxygens (including phenoxy) is 1. The lowest BCUT2D eigenvalue weighted by molar-refractivity contribution is -0.275. The zero-order chi connectivity index (χ0) is 16.7. The molecular weight excluding hydrogens is 337 g/mol. The van der Waals surface area contributed by atoms with Crippen molar-refractivity contribution in [1.82, 2.24) is 19.3 Å². The molecule has 0 radical (unpaired) electrons. The Balaban J connectivity index is 1.82. The Bertz CT molecular complexity index is 786. The van der Waals surface area contributed by atoms with Crippen molar-refractivity contribution in [1.29, 1.82) is 0 Å². The van der Waals surface area contributed by atoms with Crippen LogP contribution >= 0.6 is 0 Å². The number of benzene rings is 1. The van der Waals surface area contributed by atoms with Gasteiger partial charge in [0.1, 0.15) is 10.6 Å². The molecule has 0 aliphatic carbocycles. The maximum absolute atomic E-state index is 12.5. The molecule has 124 valence electrons. The van der Waals surface area contributed by atoms with Gasteiger partial charge >= 0.3 is 6.36 Å². The third-order valence-corrected chi connectivity index (χ3v) is 5.16. The molecule has 0 bridgehead atoms. The van der Waals surface area contributed by atoms with Crippen LogP contribution in [0.1, 0.15) is 6.04 Å². The summed E-state index contributed by atoms with van der Waals surface area (Å²) in [4.78, 5) is 0.841. The summed E-state index contributed by atoms with van der Waals surface area (Å²) in [6.07, 6.45) is -2.05. The minimum atomic E-state index is -4.97. The van der Waals surface area contributed by atoms with Crippen LogP contribution in [0.3, 0.4) is 0 Å². The van der Waals surface area contributed by atoms with Crippen LogP contribution in [0.15, 0.2) is 41.6 Å². The van der Waals surface area contributed by atoms with E-state index in [1.54, 1.807) is 0 Å². The first-order chi connectivity index (χ1) is 10.8. The number of hydrogen-bond donors (Lipinski definition) is 0. The van der Waals surface area contributed by atoms with Gasteiger partial charge in [0.25, 0.3) is 0 Å². The molecule has 0 unspecified atom stereocenters. The van der Waals surface area contributed by atoms with Crippen molar-refractivity contribution >= 4 is 10.0 Å². The summed E-state index contributed by atoms with van der Waals surface area (Å²) in [6.45, 7) is 0.161. The zero-order valence-corrected chi connectivity index (χ0v) is 12.3. The molecule has 1 aliphatic rings. The Morgan fingerprint density at radius 3 is 2.35 bits per heavy atom. The van der Waals surface area contributed by atoms with Crippen LogP contribution in [0, 0.1) is 0 Å². The molecule has 1 aliphatic heterocycles. The van der Waals surface area contributed by atoms with E-state index in [1.807, 2.05) is 0 Å². The fourth-order valence-corrected chi connectivity index (χ4v) is 3.81. The molecule has 1 fully saturated rings. The number of sulfonamides is 1. The Morgan fingerprint density at radius 1 is 1.13 bits per heavy atom. The smallest absolute Gasteiger partial charge is 0.404 e. The maximum atomic E-state index is 12.5. The zero-order valence-electron chi connectivity index (χ0n) is 11.5. The second kappa shape index (κ2) is 5.49. The molecule has 1 saturated heterocycles. The average Bonchev–Trinajstić information content (AvgIpc) is 2.89. The number of halogens is 3. The molecule has 0 saturated carbocycles. The van der Waals surface area contributed by atoms with Gasteiger partial charge in [-0.25, -0.2) is 8.42 Å². The molecule has 0 amide bonds. The second-order valence-electron chi connectivity index (χ2n) is 4.82. The number of rotatable bonds is 4. The summed E-state index contributed by atoms with van der Waals surface area (Å²) in [5.41, 5.74) is 0. The first-order valence-corrected chi connectivity index (χ1v) is 7.92. The van der Waals surface area contributed by atoms with Gasteiger partial charge in [0.2, 0.25) is 10.0 Å². The van der Waals surface area contributed by atoms with E-state index in [4.69, 9.17) is 0 Å². The maximum Gasteiger partial charge on any atom is 0.573 e. The van der Waals surface area contributed by atoms with Gasteiger partial charge < -0.3 is 4.74 Å². The Morgan fingerprint density at radius 2 is 1.74 bits per heavy atom. The first-order valence-electron chi connectivity index (χ1n) is 6.48. The molecule has 0 N–H and O–H groups in total. The third kappa shape index (κ3) is 3.15. The Labute approximate surface area is 129 Å². The highest BCUT2D eigenvalue weighted by molar-refractivity contribution is 7.89. The second-order valence-corrected chi connectivity index (χ2v) is 6.73. The largest absolute Gasteiger partial charge is 0.573 e. The average molecular weight is 348 g/mol. The summed E-state index contributed by atoms with van der Waals surface area (Å²) in [5.74, 6) is -0.749. The first kappa shape index (κ1) is 15.7. The topological polar surface area (TPSA) is 77.3 Å². The van der Waals surface area contributed by atoms with E-state index < -0.39 is 27.0 Å². The van der Waals surface area contributed by atoms with E-state index in [2.05, 4.69) is 14.9 Å². The summed E-state index contributed by atoms with van der Waals surface area (Å²) in [5, 5.41) is 7.81. The molecule has 3 rings (SSSR count). The highest BCUT2D eigenvalue weighted by Crippen LogP contribution is 2.34.